The second kappa shape index (κ2) is 6.09. The number of rotatable bonds is 3. The molecule has 4 rings (SSSR count). The Morgan fingerprint density at radius 2 is 1.92 bits per heavy atom. The van der Waals surface area contributed by atoms with Crippen LogP contribution in [0.4, 0.5) is 5.82 Å². The largest absolute Gasteiger partial charge is 0.355 e. The quantitative estimate of drug-likeness (QED) is 0.815. The zero-order valence-electron chi connectivity index (χ0n) is 14.9. The van der Waals surface area contributed by atoms with E-state index in [9.17, 15) is 4.79 Å². The molecule has 0 unspecified atom stereocenters. The number of hydrogen-bond donors (Lipinski definition) is 0. The Bertz CT molecular complexity index is 823. The molecule has 0 saturated carbocycles. The SMILES string of the molecule is CC(C)(C(=O)N1C[C@@H]2CN(c3cnc(C#N)cn3)C[C@@H]2C1)n1cccn1. The van der Waals surface area contributed by atoms with Crippen molar-refractivity contribution in [2.75, 3.05) is 31.1 Å². The lowest BCUT2D eigenvalue weighted by molar-refractivity contribution is -0.139. The highest BCUT2D eigenvalue weighted by molar-refractivity contribution is 5.84. The smallest absolute Gasteiger partial charge is 0.249 e. The fourth-order valence-electron chi connectivity index (χ4n) is 3.97. The fourth-order valence-corrected chi connectivity index (χ4v) is 3.97. The zero-order valence-corrected chi connectivity index (χ0v) is 14.9. The van der Waals surface area contributed by atoms with Crippen molar-refractivity contribution in [3.8, 4) is 6.07 Å². The van der Waals surface area contributed by atoms with Crippen LogP contribution in [-0.2, 0) is 10.3 Å². The summed E-state index contributed by atoms with van der Waals surface area (Å²) in [5, 5.41) is 13.1. The molecule has 2 saturated heterocycles. The molecule has 2 aliphatic rings. The first-order valence-corrected chi connectivity index (χ1v) is 8.75. The lowest BCUT2D eigenvalue weighted by Gasteiger charge is -2.30. The van der Waals surface area contributed by atoms with Gasteiger partial charge in [0.25, 0.3) is 0 Å². The molecule has 8 heteroatoms. The number of carbonyl (C=O) groups excluding carboxylic acids is 1. The molecule has 0 bridgehead atoms. The monoisotopic (exact) mass is 351 g/mol. The van der Waals surface area contributed by atoms with E-state index in [1.165, 1.54) is 6.20 Å². The van der Waals surface area contributed by atoms with Crippen LogP contribution in [0, 0.1) is 23.2 Å². The number of fused-ring (bicyclic) bond motifs is 1. The first kappa shape index (κ1) is 16.5. The molecule has 2 fully saturated rings. The van der Waals surface area contributed by atoms with E-state index >= 15 is 0 Å². The summed E-state index contributed by atoms with van der Waals surface area (Å²) in [5.41, 5.74) is -0.355. The number of amides is 1. The van der Waals surface area contributed by atoms with Gasteiger partial charge in [0.1, 0.15) is 17.4 Å². The molecule has 4 heterocycles. The Balaban J connectivity index is 1.42. The Kier molecular flexibility index (Phi) is 3.87. The van der Waals surface area contributed by atoms with Gasteiger partial charge in [-0.2, -0.15) is 10.4 Å². The van der Waals surface area contributed by atoms with Crippen molar-refractivity contribution >= 4 is 11.7 Å². The molecular weight excluding hydrogens is 330 g/mol. The Hall–Kier alpha value is -2.95. The van der Waals surface area contributed by atoms with Gasteiger partial charge in [-0.1, -0.05) is 0 Å². The maximum atomic E-state index is 13.0. The summed E-state index contributed by atoms with van der Waals surface area (Å²) in [5.74, 6) is 1.78. The number of likely N-dealkylation sites (tertiary alicyclic amines) is 1. The van der Waals surface area contributed by atoms with Crippen molar-refractivity contribution in [3.63, 3.8) is 0 Å². The Morgan fingerprint density at radius 1 is 1.19 bits per heavy atom. The van der Waals surface area contributed by atoms with Crippen LogP contribution in [0.25, 0.3) is 0 Å². The predicted molar refractivity (Wildman–Crippen MR) is 94.1 cm³/mol. The minimum absolute atomic E-state index is 0.111. The van der Waals surface area contributed by atoms with E-state index in [-0.39, 0.29) is 5.91 Å². The van der Waals surface area contributed by atoms with Crippen LogP contribution in [0.3, 0.4) is 0 Å². The minimum atomic E-state index is -0.680. The molecule has 2 atom stereocenters. The molecule has 0 aliphatic carbocycles. The van der Waals surface area contributed by atoms with Crippen molar-refractivity contribution in [2.45, 2.75) is 19.4 Å². The standard InChI is InChI=1S/C18H21N7O/c1-18(2,25-5-3-4-22-25)17(26)24-11-13-9-23(10-14(13)12-24)16-8-20-15(6-19)7-21-16/h3-5,7-8,13-14H,9-12H2,1-2H3/t13-,14+. The average molecular weight is 351 g/mol. The van der Waals surface area contributed by atoms with Gasteiger partial charge in [-0.05, 0) is 19.9 Å². The van der Waals surface area contributed by atoms with E-state index in [1.54, 1.807) is 17.1 Å². The summed E-state index contributed by atoms with van der Waals surface area (Å²) < 4.78 is 1.72. The normalized spacial score (nSPS) is 22.3. The van der Waals surface area contributed by atoms with Gasteiger partial charge >= 0.3 is 0 Å². The maximum absolute atomic E-state index is 13.0. The van der Waals surface area contributed by atoms with Gasteiger partial charge in [0.05, 0.1) is 12.4 Å². The predicted octanol–water partition coefficient (Wildman–Crippen LogP) is 0.875. The molecule has 134 valence electrons. The highest BCUT2D eigenvalue weighted by Crippen LogP contribution is 2.34. The van der Waals surface area contributed by atoms with Crippen molar-refractivity contribution in [2.24, 2.45) is 11.8 Å². The number of carbonyl (C=O) groups is 1. The summed E-state index contributed by atoms with van der Waals surface area (Å²) in [6.07, 6.45) is 6.69. The highest BCUT2D eigenvalue weighted by atomic mass is 16.2. The summed E-state index contributed by atoms with van der Waals surface area (Å²) >= 11 is 0. The fraction of sp³-hybridized carbons (Fsp3) is 0.500. The van der Waals surface area contributed by atoms with E-state index < -0.39 is 5.54 Å². The van der Waals surface area contributed by atoms with E-state index in [0.29, 0.717) is 17.5 Å². The van der Waals surface area contributed by atoms with Crippen molar-refractivity contribution in [1.29, 1.82) is 5.26 Å². The summed E-state index contributed by atoms with van der Waals surface area (Å²) in [6, 6.07) is 3.82. The molecule has 0 spiro atoms. The van der Waals surface area contributed by atoms with Gasteiger partial charge in [0.15, 0.2) is 5.69 Å². The van der Waals surface area contributed by atoms with Crippen molar-refractivity contribution in [1.82, 2.24) is 24.6 Å². The number of nitrogens with zero attached hydrogens (tertiary/aromatic N) is 7. The van der Waals surface area contributed by atoms with E-state index in [2.05, 4.69) is 20.0 Å². The lowest BCUT2D eigenvalue weighted by atomic mass is 10.0. The van der Waals surface area contributed by atoms with Crippen LogP contribution in [0.1, 0.15) is 19.5 Å². The third-order valence-corrected chi connectivity index (χ3v) is 5.45. The molecule has 1 amide bonds. The summed E-state index contributed by atoms with van der Waals surface area (Å²) in [6.45, 7) is 7.06. The van der Waals surface area contributed by atoms with Crippen LogP contribution >= 0.6 is 0 Å². The third kappa shape index (κ3) is 2.69. The van der Waals surface area contributed by atoms with Gasteiger partial charge in [0, 0.05) is 50.4 Å². The van der Waals surface area contributed by atoms with E-state index in [1.807, 2.05) is 37.1 Å². The molecule has 0 N–H and O–H groups in total. The second-order valence-corrected chi connectivity index (χ2v) is 7.52. The Labute approximate surface area is 152 Å². The number of anilines is 1. The van der Waals surface area contributed by atoms with Crippen molar-refractivity contribution < 1.29 is 4.79 Å². The average Bonchev–Trinajstić information content (AvgIpc) is 3.36. The molecule has 8 nitrogen and oxygen atoms in total. The second-order valence-electron chi connectivity index (χ2n) is 7.52. The first-order chi connectivity index (χ1) is 12.5. The maximum Gasteiger partial charge on any atom is 0.249 e. The zero-order chi connectivity index (χ0) is 18.3. The lowest BCUT2D eigenvalue weighted by Crippen LogP contribution is -2.47. The topological polar surface area (TPSA) is 90.9 Å². The molecule has 2 aliphatic heterocycles. The van der Waals surface area contributed by atoms with Crippen LogP contribution < -0.4 is 4.90 Å². The van der Waals surface area contributed by atoms with Crippen LogP contribution in [0.5, 0.6) is 0 Å². The van der Waals surface area contributed by atoms with Gasteiger partial charge < -0.3 is 9.80 Å². The number of aromatic nitrogens is 4. The molecule has 26 heavy (non-hydrogen) atoms. The summed E-state index contributed by atoms with van der Waals surface area (Å²) in [7, 11) is 0. The Morgan fingerprint density at radius 3 is 2.46 bits per heavy atom. The molecular formula is C18H21N7O. The molecule has 0 radical (unpaired) electrons. The van der Waals surface area contributed by atoms with Crippen LogP contribution in [-0.4, -0.2) is 56.7 Å². The number of nitriles is 1. The molecule has 0 aromatic carbocycles. The summed E-state index contributed by atoms with van der Waals surface area (Å²) in [4.78, 5) is 25.6. The first-order valence-electron chi connectivity index (χ1n) is 8.75. The third-order valence-electron chi connectivity index (χ3n) is 5.45. The minimum Gasteiger partial charge on any atom is -0.355 e. The number of hydrogen-bond acceptors (Lipinski definition) is 6. The van der Waals surface area contributed by atoms with Gasteiger partial charge in [-0.3, -0.25) is 9.48 Å². The molecule has 2 aromatic heterocycles. The van der Waals surface area contributed by atoms with Gasteiger partial charge in [-0.25, -0.2) is 9.97 Å². The molecule has 2 aromatic rings. The highest BCUT2D eigenvalue weighted by Gasteiger charge is 2.45. The van der Waals surface area contributed by atoms with Gasteiger partial charge in [-0.15, -0.1) is 0 Å². The van der Waals surface area contributed by atoms with Crippen LogP contribution in [0.2, 0.25) is 0 Å². The van der Waals surface area contributed by atoms with Gasteiger partial charge in [0.2, 0.25) is 5.91 Å². The van der Waals surface area contributed by atoms with E-state index in [4.69, 9.17) is 5.26 Å². The van der Waals surface area contributed by atoms with Crippen molar-refractivity contribution in [3.05, 3.63) is 36.5 Å². The van der Waals surface area contributed by atoms with E-state index in [0.717, 1.165) is 32.0 Å². The van der Waals surface area contributed by atoms with Crippen LogP contribution in [0.15, 0.2) is 30.9 Å².